The molecule has 0 bridgehead atoms. The van der Waals surface area contributed by atoms with E-state index in [1.54, 1.807) is 0 Å². The van der Waals surface area contributed by atoms with Gasteiger partial charge >= 0.3 is 0 Å². The Balaban J connectivity index is 2.67. The fourth-order valence-corrected chi connectivity index (χ4v) is 1.56. The molecule has 0 aliphatic rings. The molecule has 0 aliphatic heterocycles. The van der Waals surface area contributed by atoms with Crippen molar-refractivity contribution < 1.29 is 5.11 Å². The standard InChI is InChI=1S/C12H19NO/c1-10-4-5-12(11(2)8-10)9-13(3)6-7-14/h4-5,8,14H,6-7,9H2,1-3H3. The molecule has 0 atom stereocenters. The fourth-order valence-electron chi connectivity index (χ4n) is 1.56. The van der Waals surface area contributed by atoms with Crippen molar-refractivity contribution in [3.63, 3.8) is 0 Å². The smallest absolute Gasteiger partial charge is 0.0558 e. The number of likely N-dealkylation sites (N-methyl/N-ethyl adjacent to an activating group) is 1. The van der Waals surface area contributed by atoms with E-state index in [1.807, 2.05) is 7.05 Å². The Kier molecular flexibility index (Phi) is 4.11. The number of hydrogen-bond acceptors (Lipinski definition) is 2. The third kappa shape index (κ3) is 3.13. The van der Waals surface area contributed by atoms with Gasteiger partial charge in [0.25, 0.3) is 0 Å². The zero-order valence-corrected chi connectivity index (χ0v) is 9.25. The second-order valence-electron chi connectivity index (χ2n) is 3.89. The summed E-state index contributed by atoms with van der Waals surface area (Å²) in [7, 11) is 2.02. The van der Waals surface area contributed by atoms with Crippen molar-refractivity contribution in [2.24, 2.45) is 0 Å². The number of aryl methyl sites for hydroxylation is 2. The van der Waals surface area contributed by atoms with Crippen LogP contribution in [0.1, 0.15) is 16.7 Å². The number of aliphatic hydroxyl groups excluding tert-OH is 1. The van der Waals surface area contributed by atoms with Crippen molar-refractivity contribution in [1.29, 1.82) is 0 Å². The maximum Gasteiger partial charge on any atom is 0.0558 e. The summed E-state index contributed by atoms with van der Waals surface area (Å²) in [5.41, 5.74) is 3.97. The van der Waals surface area contributed by atoms with E-state index < -0.39 is 0 Å². The molecule has 1 rings (SSSR count). The molecule has 0 spiro atoms. The van der Waals surface area contributed by atoms with Crippen molar-refractivity contribution in [3.8, 4) is 0 Å². The van der Waals surface area contributed by atoms with Crippen LogP contribution in [0.15, 0.2) is 18.2 Å². The third-order valence-corrected chi connectivity index (χ3v) is 2.42. The highest BCUT2D eigenvalue weighted by molar-refractivity contribution is 5.30. The maximum absolute atomic E-state index is 8.79. The minimum absolute atomic E-state index is 0.224. The van der Waals surface area contributed by atoms with Gasteiger partial charge in [0.05, 0.1) is 6.61 Å². The van der Waals surface area contributed by atoms with Crippen molar-refractivity contribution in [2.45, 2.75) is 20.4 Å². The molecule has 0 heterocycles. The molecule has 2 heteroatoms. The molecule has 0 unspecified atom stereocenters. The molecule has 14 heavy (non-hydrogen) atoms. The zero-order chi connectivity index (χ0) is 10.6. The van der Waals surface area contributed by atoms with Crippen LogP contribution in [0.2, 0.25) is 0 Å². The van der Waals surface area contributed by atoms with Gasteiger partial charge in [0.15, 0.2) is 0 Å². The van der Waals surface area contributed by atoms with Crippen molar-refractivity contribution >= 4 is 0 Å². The van der Waals surface area contributed by atoms with Gasteiger partial charge in [-0.25, -0.2) is 0 Å². The average Bonchev–Trinajstić information content (AvgIpc) is 2.10. The van der Waals surface area contributed by atoms with Crippen LogP contribution in [-0.4, -0.2) is 30.2 Å². The van der Waals surface area contributed by atoms with Gasteiger partial charge in [-0.1, -0.05) is 23.8 Å². The van der Waals surface area contributed by atoms with E-state index in [9.17, 15) is 0 Å². The first-order chi connectivity index (χ1) is 6.63. The predicted octanol–water partition coefficient (Wildman–Crippen LogP) is 1.73. The van der Waals surface area contributed by atoms with Gasteiger partial charge in [-0.3, -0.25) is 4.90 Å². The molecule has 1 aromatic rings. The van der Waals surface area contributed by atoms with E-state index in [-0.39, 0.29) is 6.61 Å². The van der Waals surface area contributed by atoms with Gasteiger partial charge in [-0.15, -0.1) is 0 Å². The normalized spacial score (nSPS) is 10.9. The van der Waals surface area contributed by atoms with E-state index >= 15 is 0 Å². The summed E-state index contributed by atoms with van der Waals surface area (Å²) in [4.78, 5) is 2.12. The van der Waals surface area contributed by atoms with Crippen LogP contribution >= 0.6 is 0 Å². The Morgan fingerprint density at radius 1 is 1.29 bits per heavy atom. The van der Waals surface area contributed by atoms with Crippen LogP contribution in [0, 0.1) is 13.8 Å². The second kappa shape index (κ2) is 5.13. The molecule has 0 saturated heterocycles. The van der Waals surface area contributed by atoms with Gasteiger partial charge in [0.1, 0.15) is 0 Å². The molecular formula is C12H19NO. The number of benzene rings is 1. The summed E-state index contributed by atoms with van der Waals surface area (Å²) in [5, 5.41) is 8.79. The topological polar surface area (TPSA) is 23.5 Å². The molecule has 0 aliphatic carbocycles. The summed E-state index contributed by atoms with van der Waals surface area (Å²) in [6.45, 7) is 6.10. The Morgan fingerprint density at radius 3 is 2.57 bits per heavy atom. The highest BCUT2D eigenvalue weighted by atomic mass is 16.3. The molecule has 0 aromatic heterocycles. The highest BCUT2D eigenvalue weighted by Crippen LogP contribution is 2.12. The van der Waals surface area contributed by atoms with Gasteiger partial charge < -0.3 is 5.11 Å². The molecule has 0 saturated carbocycles. The largest absolute Gasteiger partial charge is 0.395 e. The van der Waals surface area contributed by atoms with E-state index in [2.05, 4.69) is 36.9 Å². The molecule has 0 fully saturated rings. The molecular weight excluding hydrogens is 174 g/mol. The zero-order valence-electron chi connectivity index (χ0n) is 9.25. The van der Waals surface area contributed by atoms with E-state index in [0.717, 1.165) is 13.1 Å². The third-order valence-electron chi connectivity index (χ3n) is 2.42. The first-order valence-corrected chi connectivity index (χ1v) is 4.99. The predicted molar refractivity (Wildman–Crippen MR) is 59.3 cm³/mol. The fraction of sp³-hybridized carbons (Fsp3) is 0.500. The lowest BCUT2D eigenvalue weighted by atomic mass is 10.1. The summed E-state index contributed by atoms with van der Waals surface area (Å²) in [6, 6.07) is 6.50. The van der Waals surface area contributed by atoms with E-state index in [0.29, 0.717) is 0 Å². The lowest BCUT2D eigenvalue weighted by molar-refractivity contribution is 0.217. The Bertz CT molecular complexity index is 296. The van der Waals surface area contributed by atoms with Gasteiger partial charge in [0.2, 0.25) is 0 Å². The molecule has 78 valence electrons. The van der Waals surface area contributed by atoms with Gasteiger partial charge in [-0.05, 0) is 32.0 Å². The molecule has 0 radical (unpaired) electrons. The number of aliphatic hydroxyl groups is 1. The van der Waals surface area contributed by atoms with E-state index in [1.165, 1.54) is 16.7 Å². The van der Waals surface area contributed by atoms with Crippen molar-refractivity contribution in [1.82, 2.24) is 4.90 Å². The Hall–Kier alpha value is -0.860. The molecule has 1 N–H and O–H groups in total. The first kappa shape index (κ1) is 11.2. The van der Waals surface area contributed by atoms with E-state index in [4.69, 9.17) is 5.11 Å². The molecule has 2 nitrogen and oxygen atoms in total. The Morgan fingerprint density at radius 2 is 2.00 bits per heavy atom. The summed E-state index contributed by atoms with van der Waals surface area (Å²) in [6.07, 6.45) is 0. The minimum Gasteiger partial charge on any atom is -0.395 e. The second-order valence-corrected chi connectivity index (χ2v) is 3.89. The van der Waals surface area contributed by atoms with Crippen LogP contribution in [-0.2, 0) is 6.54 Å². The minimum atomic E-state index is 0.224. The SMILES string of the molecule is Cc1ccc(CN(C)CCO)c(C)c1. The monoisotopic (exact) mass is 193 g/mol. The van der Waals surface area contributed by atoms with Crippen molar-refractivity contribution in [2.75, 3.05) is 20.2 Å². The van der Waals surface area contributed by atoms with Crippen LogP contribution in [0.5, 0.6) is 0 Å². The maximum atomic E-state index is 8.79. The van der Waals surface area contributed by atoms with Crippen molar-refractivity contribution in [3.05, 3.63) is 34.9 Å². The summed E-state index contributed by atoms with van der Waals surface area (Å²) < 4.78 is 0. The number of nitrogens with zero attached hydrogens (tertiary/aromatic N) is 1. The van der Waals surface area contributed by atoms with Gasteiger partial charge in [-0.2, -0.15) is 0 Å². The Labute approximate surface area is 86.2 Å². The first-order valence-electron chi connectivity index (χ1n) is 4.99. The lowest BCUT2D eigenvalue weighted by Gasteiger charge is -2.16. The van der Waals surface area contributed by atoms with Crippen LogP contribution in [0.25, 0.3) is 0 Å². The van der Waals surface area contributed by atoms with Gasteiger partial charge in [0, 0.05) is 13.1 Å². The lowest BCUT2D eigenvalue weighted by Crippen LogP contribution is -2.21. The highest BCUT2D eigenvalue weighted by Gasteiger charge is 2.02. The van der Waals surface area contributed by atoms with Crippen LogP contribution in [0.4, 0.5) is 0 Å². The van der Waals surface area contributed by atoms with Crippen LogP contribution < -0.4 is 0 Å². The molecule has 1 aromatic carbocycles. The number of hydrogen-bond donors (Lipinski definition) is 1. The molecule has 0 amide bonds. The summed E-state index contributed by atoms with van der Waals surface area (Å²) in [5.74, 6) is 0. The summed E-state index contributed by atoms with van der Waals surface area (Å²) >= 11 is 0. The van der Waals surface area contributed by atoms with Crippen LogP contribution in [0.3, 0.4) is 0 Å². The average molecular weight is 193 g/mol. The number of rotatable bonds is 4. The quantitative estimate of drug-likeness (QED) is 0.787.